The van der Waals surface area contributed by atoms with Crippen LogP contribution in [0.3, 0.4) is 0 Å². The molecule has 7 heteroatoms. The van der Waals surface area contributed by atoms with Crippen LogP contribution in [0, 0.1) is 10.1 Å². The van der Waals surface area contributed by atoms with E-state index >= 15 is 0 Å². The Morgan fingerprint density at radius 1 is 1.06 bits per heavy atom. The van der Waals surface area contributed by atoms with Crippen molar-refractivity contribution >= 4 is 0 Å². The molecule has 0 unspecified atom stereocenters. The van der Waals surface area contributed by atoms with Gasteiger partial charge in [-0.2, -0.15) is 0 Å². The molecule has 0 aromatic heterocycles. The van der Waals surface area contributed by atoms with Gasteiger partial charge in [0.1, 0.15) is 5.75 Å². The molecule has 0 saturated heterocycles. The van der Waals surface area contributed by atoms with Crippen molar-refractivity contribution < 1.29 is 24.1 Å². The lowest BCUT2D eigenvalue weighted by Crippen LogP contribution is -2.04. The van der Waals surface area contributed by atoms with E-state index in [-0.39, 0.29) is 5.75 Å². The fraction of sp³-hybridized carbons (Fsp3) is 0.333. The largest absolute Gasteiger partial charge is 0.493 e. The SMILES string of the molecule is COc1cc(O[N+](=O)[O-])cc(OC)c1OC. The Balaban J connectivity index is 3.20. The van der Waals surface area contributed by atoms with E-state index in [0.717, 1.165) is 0 Å². The molecule has 0 aliphatic carbocycles. The number of benzene rings is 1. The standard InChI is InChI=1S/C9H11NO6/c1-13-7-4-6(16-10(11)12)5-8(14-2)9(7)15-3/h4-5H,1-3H3. The molecule has 0 saturated carbocycles. The summed E-state index contributed by atoms with van der Waals surface area (Å²) in [5.41, 5.74) is 0. The summed E-state index contributed by atoms with van der Waals surface area (Å²) in [4.78, 5) is 14.5. The van der Waals surface area contributed by atoms with Gasteiger partial charge in [-0.05, 0) is 0 Å². The summed E-state index contributed by atoms with van der Waals surface area (Å²) in [6.45, 7) is 0. The lowest BCUT2D eigenvalue weighted by atomic mass is 10.2. The predicted octanol–water partition coefficient (Wildman–Crippen LogP) is 1.28. The summed E-state index contributed by atoms with van der Waals surface area (Å²) in [5, 5.41) is 9.28. The minimum absolute atomic E-state index is 0.000463. The van der Waals surface area contributed by atoms with Gasteiger partial charge in [0.15, 0.2) is 11.5 Å². The van der Waals surface area contributed by atoms with Crippen LogP contribution in [0.25, 0.3) is 0 Å². The van der Waals surface area contributed by atoms with Crippen LogP contribution in [-0.2, 0) is 0 Å². The number of methoxy groups -OCH3 is 3. The van der Waals surface area contributed by atoms with Crippen LogP contribution in [0.1, 0.15) is 0 Å². The second kappa shape index (κ2) is 5.06. The van der Waals surface area contributed by atoms with Crippen molar-refractivity contribution in [2.75, 3.05) is 21.3 Å². The summed E-state index contributed by atoms with van der Waals surface area (Å²) < 4.78 is 15.0. The summed E-state index contributed by atoms with van der Waals surface area (Å²) in [6.07, 6.45) is 0. The maximum atomic E-state index is 10.2. The number of nitrogens with zero attached hydrogens (tertiary/aromatic N) is 1. The van der Waals surface area contributed by atoms with Crippen molar-refractivity contribution in [2.24, 2.45) is 0 Å². The van der Waals surface area contributed by atoms with Gasteiger partial charge in [-0.1, -0.05) is 0 Å². The van der Waals surface area contributed by atoms with Gasteiger partial charge >= 0.3 is 0 Å². The monoisotopic (exact) mass is 229 g/mol. The highest BCUT2D eigenvalue weighted by atomic mass is 17.0. The Morgan fingerprint density at radius 2 is 1.56 bits per heavy atom. The van der Waals surface area contributed by atoms with E-state index in [4.69, 9.17) is 14.2 Å². The van der Waals surface area contributed by atoms with Crippen molar-refractivity contribution in [2.45, 2.75) is 0 Å². The smallest absolute Gasteiger partial charge is 0.299 e. The van der Waals surface area contributed by atoms with E-state index < -0.39 is 5.09 Å². The number of hydrogen-bond donors (Lipinski definition) is 0. The first-order valence-electron chi connectivity index (χ1n) is 4.24. The van der Waals surface area contributed by atoms with Crippen LogP contribution >= 0.6 is 0 Å². The van der Waals surface area contributed by atoms with Gasteiger partial charge in [0.05, 0.1) is 21.3 Å². The maximum absolute atomic E-state index is 10.2. The highest BCUT2D eigenvalue weighted by Crippen LogP contribution is 2.40. The van der Waals surface area contributed by atoms with E-state index in [2.05, 4.69) is 4.84 Å². The summed E-state index contributed by atoms with van der Waals surface area (Å²) >= 11 is 0. The van der Waals surface area contributed by atoms with Crippen molar-refractivity contribution in [3.8, 4) is 23.0 Å². The number of ether oxygens (including phenoxy) is 3. The van der Waals surface area contributed by atoms with Gasteiger partial charge in [-0.15, -0.1) is 10.1 Å². The van der Waals surface area contributed by atoms with E-state index in [1.165, 1.54) is 33.5 Å². The molecule has 0 spiro atoms. The van der Waals surface area contributed by atoms with Crippen LogP contribution in [0.15, 0.2) is 12.1 Å². The van der Waals surface area contributed by atoms with Gasteiger partial charge in [-0.25, -0.2) is 0 Å². The Hall–Kier alpha value is -2.18. The number of hydrogen-bond acceptors (Lipinski definition) is 6. The highest BCUT2D eigenvalue weighted by molar-refractivity contribution is 5.55. The third kappa shape index (κ3) is 2.44. The predicted molar refractivity (Wildman–Crippen MR) is 53.7 cm³/mol. The quantitative estimate of drug-likeness (QED) is 0.559. The van der Waals surface area contributed by atoms with Crippen molar-refractivity contribution in [3.63, 3.8) is 0 Å². The average Bonchev–Trinajstić information content (AvgIpc) is 2.26. The topological polar surface area (TPSA) is 80.1 Å². The van der Waals surface area contributed by atoms with Gasteiger partial charge in [0.25, 0.3) is 5.09 Å². The lowest BCUT2D eigenvalue weighted by Gasteiger charge is -2.12. The van der Waals surface area contributed by atoms with Crippen molar-refractivity contribution in [1.29, 1.82) is 0 Å². The van der Waals surface area contributed by atoms with Crippen LogP contribution in [0.2, 0.25) is 0 Å². The van der Waals surface area contributed by atoms with Crippen LogP contribution in [-0.4, -0.2) is 26.4 Å². The molecule has 0 bridgehead atoms. The molecule has 0 atom stereocenters. The first-order chi connectivity index (χ1) is 7.62. The molecule has 0 radical (unpaired) electrons. The second-order valence-electron chi connectivity index (χ2n) is 2.68. The molecule has 0 N–H and O–H groups in total. The fourth-order valence-electron chi connectivity index (χ4n) is 1.20. The summed E-state index contributed by atoms with van der Waals surface area (Å²) in [6, 6.07) is 2.67. The van der Waals surface area contributed by atoms with E-state index in [9.17, 15) is 10.1 Å². The van der Waals surface area contributed by atoms with Gasteiger partial charge in [0, 0.05) is 12.1 Å². The molecule has 0 aliphatic heterocycles. The molecular formula is C9H11NO6. The van der Waals surface area contributed by atoms with Crippen molar-refractivity contribution in [3.05, 3.63) is 22.2 Å². The van der Waals surface area contributed by atoms with Crippen LogP contribution in [0.5, 0.6) is 23.0 Å². The molecule has 7 nitrogen and oxygen atoms in total. The molecule has 0 heterocycles. The average molecular weight is 229 g/mol. The Labute approximate surface area is 91.6 Å². The third-order valence-electron chi connectivity index (χ3n) is 1.82. The molecule has 0 fully saturated rings. The van der Waals surface area contributed by atoms with E-state index in [1.54, 1.807) is 0 Å². The van der Waals surface area contributed by atoms with Crippen LogP contribution in [0.4, 0.5) is 0 Å². The lowest BCUT2D eigenvalue weighted by molar-refractivity contribution is -0.711. The first-order valence-corrected chi connectivity index (χ1v) is 4.24. The van der Waals surface area contributed by atoms with Crippen molar-refractivity contribution in [1.82, 2.24) is 0 Å². The highest BCUT2D eigenvalue weighted by Gasteiger charge is 2.14. The zero-order valence-corrected chi connectivity index (χ0v) is 9.05. The second-order valence-corrected chi connectivity index (χ2v) is 2.68. The molecule has 0 amide bonds. The minimum atomic E-state index is -0.916. The Morgan fingerprint density at radius 3 is 1.88 bits per heavy atom. The third-order valence-corrected chi connectivity index (χ3v) is 1.82. The van der Waals surface area contributed by atoms with E-state index in [0.29, 0.717) is 17.2 Å². The zero-order chi connectivity index (χ0) is 12.1. The first kappa shape index (κ1) is 11.9. The van der Waals surface area contributed by atoms with Gasteiger partial charge in [0.2, 0.25) is 5.75 Å². The summed E-state index contributed by atoms with van der Waals surface area (Å²) in [7, 11) is 4.26. The maximum Gasteiger partial charge on any atom is 0.299 e. The molecule has 1 aromatic carbocycles. The molecule has 0 aliphatic rings. The van der Waals surface area contributed by atoms with Gasteiger partial charge in [-0.3, -0.25) is 4.84 Å². The molecule has 88 valence electrons. The normalized spacial score (nSPS) is 9.44. The Bertz CT molecular complexity index is 367. The van der Waals surface area contributed by atoms with Gasteiger partial charge < -0.3 is 14.2 Å². The molecule has 16 heavy (non-hydrogen) atoms. The molecule has 1 rings (SSSR count). The molecule has 1 aromatic rings. The summed E-state index contributed by atoms with van der Waals surface area (Å²) in [5.74, 6) is 0.928. The minimum Gasteiger partial charge on any atom is -0.493 e. The Kier molecular flexibility index (Phi) is 3.76. The number of rotatable bonds is 5. The zero-order valence-electron chi connectivity index (χ0n) is 9.05. The van der Waals surface area contributed by atoms with E-state index in [1.807, 2.05) is 0 Å². The fourth-order valence-corrected chi connectivity index (χ4v) is 1.20. The van der Waals surface area contributed by atoms with Crippen LogP contribution < -0.4 is 19.0 Å². The molecular weight excluding hydrogens is 218 g/mol.